The zero-order valence-corrected chi connectivity index (χ0v) is 11.1. The zero-order valence-electron chi connectivity index (χ0n) is 11.1. The molecule has 1 aliphatic rings. The molecule has 0 atom stereocenters. The number of primary amides is 1. The molecule has 0 heterocycles. The Morgan fingerprint density at radius 1 is 1.15 bits per heavy atom. The van der Waals surface area contributed by atoms with Crippen LogP contribution in [-0.2, 0) is 11.2 Å². The second-order valence-corrected chi connectivity index (χ2v) is 5.49. The van der Waals surface area contributed by atoms with Crippen LogP contribution in [-0.4, -0.2) is 5.91 Å². The van der Waals surface area contributed by atoms with Crippen molar-refractivity contribution < 1.29 is 9.18 Å². The lowest BCUT2D eigenvalue weighted by molar-refractivity contribution is -0.123. The van der Waals surface area contributed by atoms with E-state index >= 15 is 0 Å². The van der Waals surface area contributed by atoms with Crippen molar-refractivity contribution in [1.29, 1.82) is 0 Å². The summed E-state index contributed by atoms with van der Waals surface area (Å²) in [5, 5.41) is 0. The molecule has 0 bridgehead atoms. The van der Waals surface area contributed by atoms with Crippen LogP contribution >= 0.6 is 0 Å². The summed E-state index contributed by atoms with van der Waals surface area (Å²) in [7, 11) is 0. The molecule has 3 heteroatoms. The van der Waals surface area contributed by atoms with E-state index in [1.165, 1.54) is 12.1 Å². The van der Waals surface area contributed by atoms with Gasteiger partial charge in [-0.2, -0.15) is 0 Å². The second-order valence-electron chi connectivity index (χ2n) is 5.49. The van der Waals surface area contributed by atoms with Gasteiger partial charge in [0.2, 0.25) is 5.91 Å². The summed E-state index contributed by atoms with van der Waals surface area (Å²) in [6.45, 7) is 0. The number of rotatable bonds is 4. The lowest BCUT2D eigenvalue weighted by Gasteiger charge is -2.15. The highest BCUT2D eigenvalue weighted by Crippen LogP contribution is 2.49. The van der Waals surface area contributed by atoms with Gasteiger partial charge in [0.05, 0.1) is 5.41 Å². The molecule has 1 saturated carbocycles. The molecular weight excluding hydrogens is 253 g/mol. The van der Waals surface area contributed by atoms with Gasteiger partial charge in [0.15, 0.2) is 0 Å². The van der Waals surface area contributed by atoms with Gasteiger partial charge in [-0.25, -0.2) is 4.39 Å². The molecule has 0 unspecified atom stereocenters. The van der Waals surface area contributed by atoms with Crippen LogP contribution in [0.15, 0.2) is 48.5 Å². The highest BCUT2D eigenvalue weighted by Gasteiger charge is 2.48. The van der Waals surface area contributed by atoms with Crippen LogP contribution in [0.3, 0.4) is 0 Å². The van der Waals surface area contributed by atoms with Crippen LogP contribution in [0.4, 0.5) is 4.39 Å². The molecule has 0 radical (unpaired) electrons. The first-order valence-electron chi connectivity index (χ1n) is 6.74. The van der Waals surface area contributed by atoms with Crippen molar-refractivity contribution in [2.45, 2.75) is 19.3 Å². The predicted octanol–water partition coefficient (Wildman–Crippen LogP) is 3.30. The number of amides is 1. The van der Waals surface area contributed by atoms with E-state index in [9.17, 15) is 9.18 Å². The van der Waals surface area contributed by atoms with Crippen molar-refractivity contribution in [3.05, 3.63) is 59.9 Å². The fourth-order valence-corrected chi connectivity index (χ4v) is 2.64. The summed E-state index contributed by atoms with van der Waals surface area (Å²) in [5.41, 5.74) is 7.97. The Labute approximate surface area is 117 Å². The van der Waals surface area contributed by atoms with Gasteiger partial charge in [-0.1, -0.05) is 36.4 Å². The molecule has 2 aromatic carbocycles. The summed E-state index contributed by atoms with van der Waals surface area (Å²) in [5.74, 6) is -0.486. The molecule has 1 amide bonds. The predicted molar refractivity (Wildman–Crippen MR) is 76.4 cm³/mol. The fraction of sp³-hybridized carbons (Fsp3) is 0.235. The number of hydrogen-bond donors (Lipinski definition) is 1. The minimum Gasteiger partial charge on any atom is -0.369 e. The summed E-state index contributed by atoms with van der Waals surface area (Å²) in [6.07, 6.45) is 2.33. The number of nitrogens with two attached hydrogens (primary N) is 1. The van der Waals surface area contributed by atoms with E-state index in [1.54, 1.807) is 6.07 Å². The van der Waals surface area contributed by atoms with E-state index in [1.807, 2.05) is 30.3 Å². The maximum absolute atomic E-state index is 13.4. The van der Waals surface area contributed by atoms with E-state index in [-0.39, 0.29) is 17.1 Å². The van der Waals surface area contributed by atoms with Gasteiger partial charge in [0, 0.05) is 0 Å². The van der Waals surface area contributed by atoms with E-state index in [0.717, 1.165) is 29.5 Å². The van der Waals surface area contributed by atoms with Crippen molar-refractivity contribution in [2.24, 2.45) is 11.1 Å². The molecule has 20 heavy (non-hydrogen) atoms. The Morgan fingerprint density at radius 2 is 1.90 bits per heavy atom. The minimum atomic E-state index is -0.385. The van der Waals surface area contributed by atoms with Crippen molar-refractivity contribution in [2.75, 3.05) is 0 Å². The maximum atomic E-state index is 13.4. The third-order valence-electron chi connectivity index (χ3n) is 4.06. The molecule has 0 saturated heterocycles. The number of benzene rings is 2. The van der Waals surface area contributed by atoms with Gasteiger partial charge in [-0.3, -0.25) is 4.79 Å². The number of hydrogen-bond acceptors (Lipinski definition) is 1. The fourth-order valence-electron chi connectivity index (χ4n) is 2.64. The molecule has 2 aromatic rings. The Balaban J connectivity index is 1.99. The second kappa shape index (κ2) is 4.75. The van der Waals surface area contributed by atoms with E-state index in [2.05, 4.69) is 0 Å². The first-order valence-corrected chi connectivity index (χ1v) is 6.74. The summed E-state index contributed by atoms with van der Waals surface area (Å²) in [4.78, 5) is 11.6. The number of carbonyl (C=O) groups excluding carboxylic acids is 1. The Hall–Kier alpha value is -2.16. The first kappa shape index (κ1) is 12.9. The van der Waals surface area contributed by atoms with Gasteiger partial charge >= 0.3 is 0 Å². The Bertz CT molecular complexity index is 662. The van der Waals surface area contributed by atoms with E-state index in [4.69, 9.17) is 5.73 Å². The Kier molecular flexibility index (Phi) is 3.05. The van der Waals surface area contributed by atoms with Gasteiger partial charge in [-0.15, -0.1) is 0 Å². The highest BCUT2D eigenvalue weighted by atomic mass is 19.1. The first-order chi connectivity index (χ1) is 9.61. The molecule has 0 aromatic heterocycles. The average molecular weight is 269 g/mol. The van der Waals surface area contributed by atoms with Crippen molar-refractivity contribution >= 4 is 5.91 Å². The van der Waals surface area contributed by atoms with E-state index < -0.39 is 0 Å². The van der Waals surface area contributed by atoms with Crippen LogP contribution in [0.25, 0.3) is 11.1 Å². The van der Waals surface area contributed by atoms with E-state index in [0.29, 0.717) is 6.42 Å². The van der Waals surface area contributed by atoms with Gasteiger partial charge in [0.25, 0.3) is 0 Å². The van der Waals surface area contributed by atoms with Gasteiger partial charge < -0.3 is 5.73 Å². The van der Waals surface area contributed by atoms with Crippen LogP contribution in [0, 0.1) is 11.2 Å². The summed E-state index contributed by atoms with van der Waals surface area (Å²) in [6, 6.07) is 14.3. The molecule has 1 aliphatic carbocycles. The monoisotopic (exact) mass is 269 g/mol. The molecule has 0 aliphatic heterocycles. The molecule has 3 rings (SSSR count). The lowest BCUT2D eigenvalue weighted by Crippen LogP contribution is -2.26. The van der Waals surface area contributed by atoms with Crippen LogP contribution < -0.4 is 5.73 Å². The zero-order chi connectivity index (χ0) is 14.2. The molecular formula is C17H16FNO. The van der Waals surface area contributed by atoms with Crippen molar-refractivity contribution in [3.8, 4) is 11.1 Å². The SMILES string of the molecule is NC(=O)C1(Cc2ccccc2-c2cccc(F)c2)CC1. The molecule has 2 nitrogen and oxygen atoms in total. The van der Waals surface area contributed by atoms with Gasteiger partial charge in [-0.05, 0) is 48.1 Å². The number of carbonyl (C=O) groups is 1. The van der Waals surface area contributed by atoms with Gasteiger partial charge in [0.1, 0.15) is 5.82 Å². The molecule has 2 N–H and O–H groups in total. The quantitative estimate of drug-likeness (QED) is 0.909. The standard InChI is InChI=1S/C17H16FNO/c18-14-6-3-5-12(10-14)15-7-2-1-4-13(15)11-17(8-9-17)16(19)20/h1-7,10H,8-9,11H2,(H2,19,20). The molecule has 0 spiro atoms. The van der Waals surface area contributed by atoms with Crippen molar-refractivity contribution in [1.82, 2.24) is 0 Å². The maximum Gasteiger partial charge on any atom is 0.223 e. The molecule has 1 fully saturated rings. The van der Waals surface area contributed by atoms with Crippen LogP contribution in [0.1, 0.15) is 18.4 Å². The largest absolute Gasteiger partial charge is 0.369 e. The minimum absolute atomic E-state index is 0.230. The van der Waals surface area contributed by atoms with Crippen LogP contribution in [0.2, 0.25) is 0 Å². The summed E-state index contributed by atoms with van der Waals surface area (Å²) < 4.78 is 13.4. The molecule has 102 valence electrons. The van der Waals surface area contributed by atoms with Crippen molar-refractivity contribution in [3.63, 3.8) is 0 Å². The normalized spacial score (nSPS) is 15.8. The average Bonchev–Trinajstić information content (AvgIpc) is 3.20. The Morgan fingerprint density at radius 3 is 2.55 bits per heavy atom. The summed E-state index contributed by atoms with van der Waals surface area (Å²) >= 11 is 0. The third kappa shape index (κ3) is 2.31. The third-order valence-corrected chi connectivity index (χ3v) is 4.06. The lowest BCUT2D eigenvalue weighted by atomic mass is 9.90. The highest BCUT2D eigenvalue weighted by molar-refractivity contribution is 5.84. The van der Waals surface area contributed by atoms with Crippen LogP contribution in [0.5, 0.6) is 0 Å². The smallest absolute Gasteiger partial charge is 0.223 e. The number of halogens is 1. The topological polar surface area (TPSA) is 43.1 Å².